The quantitative estimate of drug-likeness (QED) is 0.846. The third-order valence-electron chi connectivity index (χ3n) is 3.76. The second-order valence-electron chi connectivity index (χ2n) is 5.81. The second kappa shape index (κ2) is 6.75. The highest BCUT2D eigenvalue weighted by molar-refractivity contribution is 6.03. The Labute approximate surface area is 130 Å². The van der Waals surface area contributed by atoms with Gasteiger partial charge in [-0.15, -0.1) is 0 Å². The van der Waals surface area contributed by atoms with Gasteiger partial charge in [0.15, 0.2) is 0 Å². The Kier molecular flexibility index (Phi) is 4.98. The number of rotatable bonds is 5. The summed E-state index contributed by atoms with van der Waals surface area (Å²) < 4.78 is 5.01. The third kappa shape index (κ3) is 3.36. The van der Waals surface area contributed by atoms with Crippen LogP contribution in [0.5, 0.6) is 0 Å². The summed E-state index contributed by atoms with van der Waals surface area (Å²) >= 11 is 0. The first-order valence-corrected chi connectivity index (χ1v) is 7.33. The summed E-state index contributed by atoms with van der Waals surface area (Å²) in [5, 5.41) is 9.99. The molecule has 0 saturated carbocycles. The summed E-state index contributed by atoms with van der Waals surface area (Å²) in [5.41, 5.74) is 1.03. The number of ether oxygens (including phenoxy) is 1. The Morgan fingerprint density at radius 1 is 1.41 bits per heavy atom. The minimum absolute atomic E-state index is 0.0203. The highest BCUT2D eigenvalue weighted by atomic mass is 16.6. The normalized spacial score (nSPS) is 19.2. The fourth-order valence-electron chi connectivity index (χ4n) is 2.43. The number of imide groups is 1. The van der Waals surface area contributed by atoms with Crippen molar-refractivity contribution in [2.45, 2.75) is 32.4 Å². The molecule has 0 spiro atoms. The maximum atomic E-state index is 12.5. The van der Waals surface area contributed by atoms with Crippen molar-refractivity contribution in [3.8, 4) is 0 Å². The van der Waals surface area contributed by atoms with Gasteiger partial charge in [0.05, 0.1) is 12.1 Å². The third-order valence-corrected chi connectivity index (χ3v) is 3.76. The van der Waals surface area contributed by atoms with Crippen LogP contribution in [0.2, 0.25) is 0 Å². The zero-order valence-corrected chi connectivity index (χ0v) is 12.9. The van der Waals surface area contributed by atoms with E-state index in [1.807, 2.05) is 30.3 Å². The van der Waals surface area contributed by atoms with Gasteiger partial charge >= 0.3 is 6.09 Å². The molecule has 0 bridgehead atoms. The van der Waals surface area contributed by atoms with Crippen molar-refractivity contribution in [3.05, 3.63) is 48.0 Å². The average Bonchev–Trinajstić information content (AvgIpc) is 2.86. The molecule has 0 aromatic heterocycles. The van der Waals surface area contributed by atoms with Crippen molar-refractivity contribution in [3.63, 3.8) is 0 Å². The molecule has 5 heteroatoms. The van der Waals surface area contributed by atoms with E-state index < -0.39 is 18.1 Å². The van der Waals surface area contributed by atoms with Crippen LogP contribution < -0.4 is 0 Å². The van der Waals surface area contributed by atoms with Crippen molar-refractivity contribution < 1.29 is 19.4 Å². The molecule has 1 heterocycles. The minimum Gasteiger partial charge on any atom is -0.447 e. The van der Waals surface area contributed by atoms with E-state index in [0.717, 1.165) is 10.5 Å². The Bertz CT molecular complexity index is 567. The number of hydrogen-bond acceptors (Lipinski definition) is 4. The number of benzene rings is 1. The summed E-state index contributed by atoms with van der Waals surface area (Å²) in [6.45, 7) is 7.37. The molecule has 2 amide bonds. The van der Waals surface area contributed by atoms with Crippen molar-refractivity contribution in [1.82, 2.24) is 4.90 Å². The zero-order chi connectivity index (χ0) is 16.3. The lowest BCUT2D eigenvalue weighted by Gasteiger charge is -2.24. The Morgan fingerprint density at radius 2 is 2.05 bits per heavy atom. The van der Waals surface area contributed by atoms with Gasteiger partial charge in [-0.2, -0.15) is 0 Å². The molecule has 0 radical (unpaired) electrons. The lowest BCUT2D eigenvalue weighted by molar-refractivity contribution is -0.126. The summed E-state index contributed by atoms with van der Waals surface area (Å²) in [7, 11) is 0. The van der Waals surface area contributed by atoms with E-state index in [1.165, 1.54) is 0 Å². The van der Waals surface area contributed by atoms with Crippen molar-refractivity contribution >= 4 is 12.0 Å². The molecule has 1 aromatic rings. The average molecular weight is 303 g/mol. The Hall–Kier alpha value is -2.14. The molecular weight excluding hydrogens is 282 g/mol. The van der Waals surface area contributed by atoms with Gasteiger partial charge in [-0.05, 0) is 17.9 Å². The predicted octanol–water partition coefficient (Wildman–Crippen LogP) is 2.15. The fraction of sp³-hybridized carbons (Fsp3) is 0.412. The molecule has 118 valence electrons. The van der Waals surface area contributed by atoms with E-state index in [-0.39, 0.29) is 24.1 Å². The number of cyclic esters (lactones) is 1. The van der Waals surface area contributed by atoms with E-state index >= 15 is 0 Å². The van der Waals surface area contributed by atoms with Gasteiger partial charge in [-0.25, -0.2) is 9.69 Å². The first-order chi connectivity index (χ1) is 10.4. The van der Waals surface area contributed by atoms with E-state index in [4.69, 9.17) is 4.74 Å². The van der Waals surface area contributed by atoms with Gasteiger partial charge in [0.25, 0.3) is 5.91 Å². The number of aliphatic hydroxyl groups is 1. The topological polar surface area (TPSA) is 66.8 Å². The molecule has 1 saturated heterocycles. The van der Waals surface area contributed by atoms with Gasteiger partial charge in [-0.3, -0.25) is 4.79 Å². The minimum atomic E-state index is -0.974. The van der Waals surface area contributed by atoms with Crippen LogP contribution >= 0.6 is 0 Å². The first-order valence-electron chi connectivity index (χ1n) is 7.33. The molecule has 2 atom stereocenters. The van der Waals surface area contributed by atoms with Crippen molar-refractivity contribution in [2.24, 2.45) is 5.92 Å². The van der Waals surface area contributed by atoms with Crippen LogP contribution in [-0.4, -0.2) is 40.8 Å². The van der Waals surface area contributed by atoms with E-state index in [0.29, 0.717) is 6.42 Å². The molecule has 5 nitrogen and oxygen atoms in total. The summed E-state index contributed by atoms with van der Waals surface area (Å²) in [6.07, 6.45) is -1.13. The molecule has 1 aliphatic rings. The molecule has 1 aliphatic heterocycles. The highest BCUT2D eigenvalue weighted by Crippen LogP contribution is 2.22. The maximum Gasteiger partial charge on any atom is 0.417 e. The number of amides is 2. The molecule has 1 aromatic carbocycles. The van der Waals surface area contributed by atoms with Crippen LogP contribution in [0.4, 0.5) is 4.79 Å². The largest absolute Gasteiger partial charge is 0.447 e. The molecule has 22 heavy (non-hydrogen) atoms. The van der Waals surface area contributed by atoms with E-state index in [2.05, 4.69) is 6.58 Å². The van der Waals surface area contributed by atoms with Crippen LogP contribution in [-0.2, 0) is 16.0 Å². The molecular formula is C17H21NO4. The van der Waals surface area contributed by atoms with Crippen LogP contribution in [0, 0.1) is 5.92 Å². The first kappa shape index (κ1) is 16.2. The summed E-state index contributed by atoms with van der Waals surface area (Å²) in [5.74, 6) is -0.715. The van der Waals surface area contributed by atoms with E-state index in [9.17, 15) is 14.7 Å². The number of carbonyl (C=O) groups excluding carboxylic acids is 2. The zero-order valence-electron chi connectivity index (χ0n) is 12.9. The lowest BCUT2D eigenvalue weighted by Crippen LogP contribution is -2.43. The number of nitrogens with zero attached hydrogens (tertiary/aromatic N) is 1. The number of hydrogen-bond donors (Lipinski definition) is 1. The second-order valence-corrected chi connectivity index (χ2v) is 5.81. The van der Waals surface area contributed by atoms with E-state index in [1.54, 1.807) is 13.8 Å². The van der Waals surface area contributed by atoms with Gasteiger partial charge in [-0.1, -0.05) is 50.8 Å². The standard InChI is InChI=1S/C17H21NO4/c1-11(2)15(19)12(3)16(20)18-14(10-22-17(18)21)9-13-7-5-4-6-8-13/h4-8,11,14-15,19H,3,9-10H2,1-2H3/t14-,15+/m0/s1. The fourth-order valence-corrected chi connectivity index (χ4v) is 2.43. The monoisotopic (exact) mass is 303 g/mol. The highest BCUT2D eigenvalue weighted by Gasteiger charge is 2.40. The number of carbonyl (C=O) groups is 2. The molecule has 2 rings (SSSR count). The van der Waals surface area contributed by atoms with Crippen LogP contribution in [0.1, 0.15) is 19.4 Å². The molecule has 0 aliphatic carbocycles. The molecule has 1 N–H and O–H groups in total. The van der Waals surface area contributed by atoms with Crippen molar-refractivity contribution in [2.75, 3.05) is 6.61 Å². The van der Waals surface area contributed by atoms with Gasteiger partial charge < -0.3 is 9.84 Å². The van der Waals surface area contributed by atoms with Crippen LogP contribution in [0.3, 0.4) is 0 Å². The predicted molar refractivity (Wildman–Crippen MR) is 82.1 cm³/mol. The Balaban J connectivity index is 2.14. The van der Waals surface area contributed by atoms with Gasteiger partial charge in [0.2, 0.25) is 0 Å². The van der Waals surface area contributed by atoms with Crippen LogP contribution in [0.15, 0.2) is 42.5 Å². The number of aliphatic hydroxyl groups excluding tert-OH is 1. The van der Waals surface area contributed by atoms with Crippen molar-refractivity contribution in [1.29, 1.82) is 0 Å². The Morgan fingerprint density at radius 3 is 2.64 bits per heavy atom. The summed E-state index contributed by atoms with van der Waals surface area (Å²) in [6, 6.07) is 9.20. The molecule has 1 fully saturated rings. The smallest absolute Gasteiger partial charge is 0.417 e. The van der Waals surface area contributed by atoms with Gasteiger partial charge in [0, 0.05) is 5.57 Å². The summed E-state index contributed by atoms with van der Waals surface area (Å²) in [4.78, 5) is 25.4. The SMILES string of the molecule is C=C(C(=O)N1C(=O)OC[C@@H]1Cc1ccccc1)[C@H](O)C(C)C. The lowest BCUT2D eigenvalue weighted by atomic mass is 9.98. The molecule has 0 unspecified atom stereocenters. The van der Waals surface area contributed by atoms with Crippen LogP contribution in [0.25, 0.3) is 0 Å². The van der Waals surface area contributed by atoms with Gasteiger partial charge in [0.1, 0.15) is 6.61 Å². The maximum absolute atomic E-state index is 12.5.